The fourth-order valence-corrected chi connectivity index (χ4v) is 3.32. The summed E-state index contributed by atoms with van der Waals surface area (Å²) in [5.41, 5.74) is 2.26. The number of pyridine rings is 1. The number of hydrogen-bond donors (Lipinski definition) is 0. The van der Waals surface area contributed by atoms with E-state index in [4.69, 9.17) is 5.26 Å². The lowest BCUT2D eigenvalue weighted by atomic mass is 9.91. The number of nitrogens with zero attached hydrogens (tertiary/aromatic N) is 6. The van der Waals surface area contributed by atoms with Gasteiger partial charge in [0.05, 0.1) is 6.42 Å². The van der Waals surface area contributed by atoms with E-state index >= 15 is 0 Å². The zero-order valence-electron chi connectivity index (χ0n) is 16.9. The normalized spacial score (nSPS) is 17.3. The van der Waals surface area contributed by atoms with Crippen LogP contribution in [0.25, 0.3) is 0 Å². The van der Waals surface area contributed by atoms with E-state index in [-0.39, 0.29) is 17.4 Å². The van der Waals surface area contributed by atoms with Crippen molar-refractivity contribution >= 4 is 11.7 Å². The Hall–Kier alpha value is -3.01. The van der Waals surface area contributed by atoms with Crippen LogP contribution < -0.4 is 4.90 Å². The molecule has 1 aliphatic heterocycles. The molecular formula is C21H26N6O. The molecule has 1 aliphatic rings. The fourth-order valence-electron chi connectivity index (χ4n) is 3.32. The average molecular weight is 378 g/mol. The largest absolute Gasteiger partial charge is 0.349 e. The minimum Gasteiger partial charge on any atom is -0.349 e. The molecule has 7 nitrogen and oxygen atoms in total. The van der Waals surface area contributed by atoms with Gasteiger partial charge in [0.1, 0.15) is 6.07 Å². The second kappa shape index (κ2) is 7.93. The van der Waals surface area contributed by atoms with Crippen molar-refractivity contribution < 1.29 is 4.79 Å². The Labute approximate surface area is 166 Å². The summed E-state index contributed by atoms with van der Waals surface area (Å²) in [7, 11) is 0. The van der Waals surface area contributed by atoms with Crippen molar-refractivity contribution in [3.05, 3.63) is 47.4 Å². The number of carbonyl (C=O) groups is 1. The highest BCUT2D eigenvalue weighted by Crippen LogP contribution is 2.21. The maximum absolute atomic E-state index is 12.7. The number of anilines is 1. The van der Waals surface area contributed by atoms with Gasteiger partial charge in [-0.15, -0.1) is 10.2 Å². The number of amides is 1. The maximum atomic E-state index is 12.7. The Morgan fingerprint density at radius 2 is 2.00 bits per heavy atom. The zero-order chi connectivity index (χ0) is 20.3. The van der Waals surface area contributed by atoms with E-state index in [9.17, 15) is 4.79 Å². The molecule has 0 unspecified atom stereocenters. The third-order valence-electron chi connectivity index (χ3n) is 4.99. The van der Waals surface area contributed by atoms with Crippen LogP contribution in [-0.4, -0.2) is 51.7 Å². The van der Waals surface area contributed by atoms with Gasteiger partial charge in [0.25, 0.3) is 0 Å². The Morgan fingerprint density at radius 3 is 2.54 bits per heavy atom. The van der Waals surface area contributed by atoms with Gasteiger partial charge in [0, 0.05) is 43.0 Å². The van der Waals surface area contributed by atoms with E-state index in [2.05, 4.69) is 47.8 Å². The minimum atomic E-state index is 0.00261. The Bertz CT molecular complexity index is 864. The van der Waals surface area contributed by atoms with Gasteiger partial charge in [0.2, 0.25) is 5.91 Å². The van der Waals surface area contributed by atoms with Crippen molar-refractivity contribution in [1.29, 1.82) is 5.26 Å². The Kier molecular flexibility index (Phi) is 5.59. The van der Waals surface area contributed by atoms with Crippen molar-refractivity contribution in [2.45, 2.75) is 45.6 Å². The lowest BCUT2D eigenvalue weighted by Crippen LogP contribution is -2.54. The second-order valence-electron chi connectivity index (χ2n) is 8.25. The number of aromatic nitrogens is 3. The van der Waals surface area contributed by atoms with Gasteiger partial charge in [-0.05, 0) is 30.7 Å². The van der Waals surface area contributed by atoms with Gasteiger partial charge in [-0.1, -0.05) is 26.8 Å². The molecule has 146 valence electrons. The molecule has 0 aromatic carbocycles. The van der Waals surface area contributed by atoms with Crippen molar-refractivity contribution in [3.8, 4) is 6.07 Å². The van der Waals surface area contributed by atoms with E-state index < -0.39 is 0 Å². The summed E-state index contributed by atoms with van der Waals surface area (Å²) >= 11 is 0. The molecule has 0 spiro atoms. The van der Waals surface area contributed by atoms with Crippen molar-refractivity contribution in [2.24, 2.45) is 0 Å². The van der Waals surface area contributed by atoms with E-state index in [1.54, 1.807) is 6.07 Å². The molecule has 2 aromatic heterocycles. The number of nitriles is 1. The summed E-state index contributed by atoms with van der Waals surface area (Å²) in [5, 5.41) is 16.9. The summed E-state index contributed by atoms with van der Waals surface area (Å²) in [5.74, 6) is 0.850. The molecule has 7 heteroatoms. The zero-order valence-corrected chi connectivity index (χ0v) is 16.9. The van der Waals surface area contributed by atoms with E-state index in [0.717, 1.165) is 17.1 Å². The van der Waals surface area contributed by atoms with Gasteiger partial charge in [-0.25, -0.2) is 0 Å². The van der Waals surface area contributed by atoms with E-state index in [1.165, 1.54) is 0 Å². The third kappa shape index (κ3) is 4.45. The van der Waals surface area contributed by atoms with Crippen LogP contribution in [0, 0.1) is 11.3 Å². The van der Waals surface area contributed by atoms with Crippen LogP contribution in [0.2, 0.25) is 0 Å². The highest BCUT2D eigenvalue weighted by atomic mass is 16.2. The van der Waals surface area contributed by atoms with Crippen molar-refractivity contribution in [1.82, 2.24) is 20.1 Å². The van der Waals surface area contributed by atoms with Crippen molar-refractivity contribution in [2.75, 3.05) is 24.5 Å². The fraction of sp³-hybridized carbons (Fsp3) is 0.476. The van der Waals surface area contributed by atoms with Crippen molar-refractivity contribution in [3.63, 3.8) is 0 Å². The molecule has 0 N–H and O–H groups in total. The van der Waals surface area contributed by atoms with Crippen LogP contribution in [0.4, 0.5) is 5.82 Å². The highest BCUT2D eigenvalue weighted by Gasteiger charge is 2.28. The molecule has 1 atom stereocenters. The minimum absolute atomic E-state index is 0.00261. The Balaban J connectivity index is 1.60. The van der Waals surface area contributed by atoms with Crippen LogP contribution >= 0.6 is 0 Å². The molecule has 3 rings (SSSR count). The standard InChI is InChI=1S/C21H26N6O/c1-15-14-26(9-10-27(15)19-8-6-17(12-22)24-25-19)20(28)11-16-5-7-18(23-13-16)21(2,3)4/h5-8,13,15H,9-11,14H2,1-4H3/t15-/m0/s1. The van der Waals surface area contributed by atoms with Crippen LogP contribution in [0.5, 0.6) is 0 Å². The maximum Gasteiger partial charge on any atom is 0.227 e. The molecule has 1 amide bonds. The first kappa shape index (κ1) is 19.7. The summed E-state index contributed by atoms with van der Waals surface area (Å²) in [6, 6.07) is 9.58. The van der Waals surface area contributed by atoms with E-state index in [0.29, 0.717) is 31.7 Å². The van der Waals surface area contributed by atoms with Gasteiger partial charge in [-0.3, -0.25) is 9.78 Å². The lowest BCUT2D eigenvalue weighted by Gasteiger charge is -2.40. The molecular weight excluding hydrogens is 352 g/mol. The number of piperazine rings is 1. The quantitative estimate of drug-likeness (QED) is 0.815. The predicted octanol–water partition coefficient (Wildman–Crippen LogP) is 2.32. The van der Waals surface area contributed by atoms with Crippen LogP contribution in [0.15, 0.2) is 30.5 Å². The van der Waals surface area contributed by atoms with Crippen LogP contribution in [0.3, 0.4) is 0 Å². The van der Waals surface area contributed by atoms with E-state index in [1.807, 2.05) is 35.4 Å². The van der Waals surface area contributed by atoms with Crippen LogP contribution in [-0.2, 0) is 16.6 Å². The molecule has 3 heterocycles. The Morgan fingerprint density at radius 1 is 1.21 bits per heavy atom. The van der Waals surface area contributed by atoms with Gasteiger partial charge in [0.15, 0.2) is 11.5 Å². The number of hydrogen-bond acceptors (Lipinski definition) is 6. The molecule has 0 aliphatic carbocycles. The molecule has 0 saturated carbocycles. The molecule has 1 fully saturated rings. The predicted molar refractivity (Wildman–Crippen MR) is 107 cm³/mol. The summed E-state index contributed by atoms with van der Waals surface area (Å²) in [6.45, 7) is 10.4. The SMILES string of the molecule is C[C@H]1CN(C(=O)Cc2ccc(C(C)(C)C)nc2)CCN1c1ccc(C#N)nn1. The summed E-state index contributed by atoms with van der Waals surface area (Å²) in [4.78, 5) is 21.3. The molecule has 1 saturated heterocycles. The smallest absolute Gasteiger partial charge is 0.227 e. The van der Waals surface area contributed by atoms with Crippen LogP contribution in [0.1, 0.15) is 44.6 Å². The summed E-state index contributed by atoms with van der Waals surface area (Å²) < 4.78 is 0. The number of rotatable bonds is 3. The highest BCUT2D eigenvalue weighted by molar-refractivity contribution is 5.79. The molecule has 28 heavy (non-hydrogen) atoms. The lowest BCUT2D eigenvalue weighted by molar-refractivity contribution is -0.131. The summed E-state index contributed by atoms with van der Waals surface area (Å²) in [6.07, 6.45) is 2.17. The second-order valence-corrected chi connectivity index (χ2v) is 8.25. The molecule has 0 bridgehead atoms. The number of carbonyl (C=O) groups excluding carboxylic acids is 1. The van der Waals surface area contributed by atoms with Gasteiger partial charge in [-0.2, -0.15) is 5.26 Å². The molecule has 2 aromatic rings. The average Bonchev–Trinajstić information content (AvgIpc) is 2.68. The monoisotopic (exact) mass is 378 g/mol. The molecule has 0 radical (unpaired) electrons. The third-order valence-corrected chi connectivity index (χ3v) is 4.99. The first-order valence-corrected chi connectivity index (χ1v) is 9.51. The topological polar surface area (TPSA) is 86.0 Å². The first-order chi connectivity index (χ1) is 13.3. The van der Waals surface area contributed by atoms with Gasteiger partial charge < -0.3 is 9.80 Å². The first-order valence-electron chi connectivity index (χ1n) is 9.51. The van der Waals surface area contributed by atoms with Gasteiger partial charge >= 0.3 is 0 Å².